The Balaban J connectivity index is 2.20. The second kappa shape index (κ2) is 6.23. The van der Waals surface area contributed by atoms with Gasteiger partial charge in [0.25, 0.3) is 0 Å². The molecule has 0 aromatic heterocycles. The summed E-state index contributed by atoms with van der Waals surface area (Å²) >= 11 is 0. The molecular formula is C21H23P. The highest BCUT2D eigenvalue weighted by molar-refractivity contribution is 7.77. The Morgan fingerprint density at radius 2 is 1.14 bits per heavy atom. The first-order valence-corrected chi connectivity index (χ1v) is 9.24. The Labute approximate surface area is 135 Å². The minimum Gasteiger partial charge on any atom is -0.0628 e. The summed E-state index contributed by atoms with van der Waals surface area (Å²) in [6.45, 7) is 9.25. The van der Waals surface area contributed by atoms with Gasteiger partial charge in [-0.15, -0.1) is 0 Å². The highest BCUT2D eigenvalue weighted by Crippen LogP contribution is 2.54. The van der Waals surface area contributed by atoms with Crippen LogP contribution in [0.1, 0.15) is 27.7 Å². The second-order valence-corrected chi connectivity index (χ2v) is 8.22. The van der Waals surface area contributed by atoms with E-state index in [1.54, 1.807) is 10.9 Å². The lowest BCUT2D eigenvalue weighted by Crippen LogP contribution is -2.13. The SMILES string of the molecule is CC1=C(C)C(C)C(C)=C1P(c1ccccc1)c1ccccc1. The topological polar surface area (TPSA) is 0 Å². The summed E-state index contributed by atoms with van der Waals surface area (Å²) in [4.78, 5) is 0. The number of hydrogen-bond acceptors (Lipinski definition) is 0. The summed E-state index contributed by atoms with van der Waals surface area (Å²) in [5.41, 5.74) is 4.59. The van der Waals surface area contributed by atoms with E-state index in [1.165, 1.54) is 21.8 Å². The molecule has 1 aliphatic carbocycles. The molecule has 2 aromatic rings. The molecule has 0 bridgehead atoms. The van der Waals surface area contributed by atoms with Crippen molar-refractivity contribution in [2.45, 2.75) is 27.7 Å². The first kappa shape index (κ1) is 15.3. The maximum atomic E-state index is 2.34. The van der Waals surface area contributed by atoms with E-state index in [0.717, 1.165) is 0 Å². The van der Waals surface area contributed by atoms with Gasteiger partial charge < -0.3 is 0 Å². The molecule has 0 saturated carbocycles. The minimum atomic E-state index is -0.462. The quantitative estimate of drug-likeness (QED) is 0.668. The largest absolute Gasteiger partial charge is 0.0628 e. The first-order chi connectivity index (χ1) is 10.6. The van der Waals surface area contributed by atoms with E-state index < -0.39 is 7.92 Å². The fourth-order valence-electron chi connectivity index (χ4n) is 3.24. The number of hydrogen-bond donors (Lipinski definition) is 0. The van der Waals surface area contributed by atoms with Crippen molar-refractivity contribution in [3.8, 4) is 0 Å². The van der Waals surface area contributed by atoms with E-state index >= 15 is 0 Å². The lowest BCUT2D eigenvalue weighted by Gasteiger charge is -2.23. The van der Waals surface area contributed by atoms with Gasteiger partial charge in [-0.2, -0.15) is 0 Å². The van der Waals surface area contributed by atoms with E-state index in [9.17, 15) is 0 Å². The molecule has 0 radical (unpaired) electrons. The summed E-state index contributed by atoms with van der Waals surface area (Å²) in [5.74, 6) is 0.576. The van der Waals surface area contributed by atoms with Crippen LogP contribution in [0.2, 0.25) is 0 Å². The molecule has 0 amide bonds. The van der Waals surface area contributed by atoms with Crippen LogP contribution >= 0.6 is 7.92 Å². The highest BCUT2D eigenvalue weighted by atomic mass is 31.1. The van der Waals surface area contributed by atoms with Crippen LogP contribution in [0.5, 0.6) is 0 Å². The molecule has 0 nitrogen and oxygen atoms in total. The van der Waals surface area contributed by atoms with Gasteiger partial charge in [0.05, 0.1) is 0 Å². The van der Waals surface area contributed by atoms with Crippen molar-refractivity contribution in [1.29, 1.82) is 0 Å². The van der Waals surface area contributed by atoms with Gasteiger partial charge >= 0.3 is 0 Å². The Bertz CT molecular complexity index is 684. The van der Waals surface area contributed by atoms with E-state index in [4.69, 9.17) is 0 Å². The molecule has 0 saturated heterocycles. The van der Waals surface area contributed by atoms with Gasteiger partial charge in [-0.05, 0) is 56.1 Å². The number of rotatable bonds is 3. The first-order valence-electron chi connectivity index (χ1n) is 7.90. The molecule has 0 fully saturated rings. The van der Waals surface area contributed by atoms with E-state index in [1.807, 2.05) is 0 Å². The number of allylic oxidation sites excluding steroid dienone is 4. The van der Waals surface area contributed by atoms with Crippen LogP contribution in [0.3, 0.4) is 0 Å². The fourth-order valence-corrected chi connectivity index (χ4v) is 6.06. The third kappa shape index (κ3) is 2.57. The molecule has 2 aromatic carbocycles. The lowest BCUT2D eigenvalue weighted by molar-refractivity contribution is 0.817. The summed E-state index contributed by atoms with van der Waals surface area (Å²) in [7, 11) is -0.462. The third-order valence-corrected chi connectivity index (χ3v) is 7.64. The molecule has 1 heteroatoms. The van der Waals surface area contributed by atoms with Crippen LogP contribution in [-0.4, -0.2) is 0 Å². The molecule has 0 aliphatic heterocycles. The van der Waals surface area contributed by atoms with Gasteiger partial charge in [-0.25, -0.2) is 0 Å². The smallest absolute Gasteiger partial charge is 0.00113 e. The highest BCUT2D eigenvalue weighted by Gasteiger charge is 2.30. The number of benzene rings is 2. The average molecular weight is 306 g/mol. The Kier molecular flexibility index (Phi) is 4.32. The normalized spacial score (nSPS) is 18.5. The summed E-state index contributed by atoms with van der Waals surface area (Å²) < 4.78 is 0. The van der Waals surface area contributed by atoms with Crippen molar-refractivity contribution in [1.82, 2.24) is 0 Å². The molecule has 3 rings (SSSR count). The summed E-state index contributed by atoms with van der Waals surface area (Å²) in [6, 6.07) is 22.0. The van der Waals surface area contributed by atoms with Crippen molar-refractivity contribution < 1.29 is 0 Å². The second-order valence-electron chi connectivity index (χ2n) is 6.07. The van der Waals surface area contributed by atoms with Crippen molar-refractivity contribution in [2.24, 2.45) is 5.92 Å². The molecule has 0 spiro atoms. The van der Waals surface area contributed by atoms with Gasteiger partial charge in [0.1, 0.15) is 0 Å². The Morgan fingerprint density at radius 3 is 1.50 bits per heavy atom. The summed E-state index contributed by atoms with van der Waals surface area (Å²) in [6.07, 6.45) is 0. The van der Waals surface area contributed by atoms with Crippen LogP contribution in [-0.2, 0) is 0 Å². The predicted molar refractivity (Wildman–Crippen MR) is 99.3 cm³/mol. The van der Waals surface area contributed by atoms with Gasteiger partial charge in [0.2, 0.25) is 0 Å². The lowest BCUT2D eigenvalue weighted by atomic mass is 10.0. The maximum Gasteiger partial charge on any atom is -0.00113 e. The zero-order chi connectivity index (χ0) is 15.7. The predicted octanol–water partition coefficient (Wildman–Crippen LogP) is 5.38. The van der Waals surface area contributed by atoms with Gasteiger partial charge in [0.15, 0.2) is 0 Å². The Morgan fingerprint density at radius 1 is 0.682 bits per heavy atom. The van der Waals surface area contributed by atoms with E-state index in [2.05, 4.69) is 88.4 Å². The third-order valence-electron chi connectivity index (χ3n) is 4.87. The van der Waals surface area contributed by atoms with E-state index in [-0.39, 0.29) is 0 Å². The average Bonchev–Trinajstić information content (AvgIpc) is 2.75. The van der Waals surface area contributed by atoms with Gasteiger partial charge in [-0.1, -0.05) is 78.7 Å². The standard InChI is InChI=1S/C21H23P/c1-15-16(2)18(4)21(17(15)3)22(19-11-7-5-8-12-19)20-13-9-6-10-14-20/h5-15H,1-4H3. The molecular weight excluding hydrogens is 283 g/mol. The zero-order valence-corrected chi connectivity index (χ0v) is 14.7. The van der Waals surface area contributed by atoms with Crippen molar-refractivity contribution in [3.05, 3.63) is 82.7 Å². The van der Waals surface area contributed by atoms with Crippen molar-refractivity contribution in [3.63, 3.8) is 0 Å². The minimum absolute atomic E-state index is 0.462. The molecule has 112 valence electrons. The van der Waals surface area contributed by atoms with Crippen LogP contribution in [0, 0.1) is 5.92 Å². The molecule has 0 heterocycles. The summed E-state index contributed by atoms with van der Waals surface area (Å²) in [5, 5.41) is 4.47. The molecule has 22 heavy (non-hydrogen) atoms. The monoisotopic (exact) mass is 306 g/mol. The zero-order valence-electron chi connectivity index (χ0n) is 13.8. The Hall–Kier alpha value is -1.65. The fraction of sp³-hybridized carbons (Fsp3) is 0.238. The molecule has 0 N–H and O–H groups in total. The van der Waals surface area contributed by atoms with Gasteiger partial charge in [0, 0.05) is 0 Å². The van der Waals surface area contributed by atoms with E-state index in [0.29, 0.717) is 5.92 Å². The van der Waals surface area contributed by atoms with Crippen LogP contribution in [0.4, 0.5) is 0 Å². The molecule has 1 aliphatic rings. The van der Waals surface area contributed by atoms with Crippen LogP contribution < -0.4 is 10.6 Å². The maximum absolute atomic E-state index is 2.34. The van der Waals surface area contributed by atoms with Crippen molar-refractivity contribution >= 4 is 18.5 Å². The van der Waals surface area contributed by atoms with Crippen LogP contribution in [0.15, 0.2) is 82.7 Å². The van der Waals surface area contributed by atoms with Crippen LogP contribution in [0.25, 0.3) is 0 Å². The van der Waals surface area contributed by atoms with Crippen molar-refractivity contribution in [2.75, 3.05) is 0 Å². The molecule has 1 atom stereocenters. The molecule has 1 unspecified atom stereocenters. The van der Waals surface area contributed by atoms with Gasteiger partial charge in [-0.3, -0.25) is 0 Å².